The Balaban J connectivity index is -0.0000130. The second-order valence-electron chi connectivity index (χ2n) is 15.0. The molecule has 0 saturated carbocycles. The van der Waals surface area contributed by atoms with Crippen LogP contribution in [0.25, 0.3) is 0 Å². The lowest BCUT2D eigenvalue weighted by Crippen LogP contribution is -2.61. The van der Waals surface area contributed by atoms with Crippen molar-refractivity contribution >= 4 is 59.9 Å². The van der Waals surface area contributed by atoms with Gasteiger partial charge >= 0.3 is 11.9 Å². The Labute approximate surface area is 366 Å². The van der Waals surface area contributed by atoms with Crippen molar-refractivity contribution in [3.8, 4) is 0 Å². The molecule has 0 saturated heterocycles. The summed E-state index contributed by atoms with van der Waals surface area (Å²) in [6.45, 7) is 3.89. The zero-order chi connectivity index (χ0) is 38.4. The van der Waals surface area contributed by atoms with Crippen LogP contribution in [-0.2, 0) is 19.1 Å². The molecule has 0 aromatic heterocycles. The van der Waals surface area contributed by atoms with Gasteiger partial charge < -0.3 is 31.2 Å². The molecule has 2 atom stereocenters. The molecule has 0 spiro atoms. The molecule has 0 bridgehead atoms. The van der Waals surface area contributed by atoms with E-state index in [0.29, 0.717) is 12.8 Å². The van der Waals surface area contributed by atoms with Gasteiger partial charge in [0.2, 0.25) is 0 Å². The van der Waals surface area contributed by atoms with Crippen LogP contribution < -0.4 is 11.5 Å². The van der Waals surface area contributed by atoms with E-state index < -0.39 is 29.7 Å². The lowest BCUT2D eigenvalue weighted by Gasteiger charge is -2.39. The highest BCUT2D eigenvalue weighted by atomic mass is 127. The van der Waals surface area contributed by atoms with E-state index in [1.165, 1.54) is 89.9 Å². The first-order valence-corrected chi connectivity index (χ1v) is 21.8. The number of halogens is 2. The van der Waals surface area contributed by atoms with Gasteiger partial charge in [0.05, 0.1) is 5.54 Å². The summed E-state index contributed by atoms with van der Waals surface area (Å²) >= 11 is 0. The minimum Gasteiger partial charge on any atom is -0.457 e. The van der Waals surface area contributed by atoms with Gasteiger partial charge in [-0.05, 0) is 77.0 Å². The number of unbranched alkanes of at least 4 members (excludes halogenated alkanes) is 22. The quantitative estimate of drug-likeness (QED) is 0.0206. The number of aliphatic hydroxyl groups excluding tert-OH is 2. The molecule has 10 heteroatoms. The molecule has 0 amide bonds. The van der Waals surface area contributed by atoms with Crippen molar-refractivity contribution in [3.05, 3.63) is 24.3 Å². The first kappa shape index (κ1) is 58.0. The number of nitrogens with two attached hydrogens (primary N) is 2. The molecule has 0 aliphatic heterocycles. The highest BCUT2D eigenvalue weighted by Crippen LogP contribution is 2.26. The van der Waals surface area contributed by atoms with E-state index >= 15 is 0 Å². The molecule has 0 aromatic carbocycles. The molecule has 0 aromatic rings. The van der Waals surface area contributed by atoms with Gasteiger partial charge in [0.1, 0.15) is 0 Å². The predicted molar refractivity (Wildman–Crippen MR) is 249 cm³/mol. The third kappa shape index (κ3) is 34.9. The van der Waals surface area contributed by atoms with E-state index in [1.54, 1.807) is 0 Å². The normalized spacial score (nSPS) is 12.8. The van der Waals surface area contributed by atoms with Crippen LogP contribution in [0.3, 0.4) is 0 Å². The van der Waals surface area contributed by atoms with Crippen LogP contribution in [0.15, 0.2) is 24.3 Å². The molecular weight excluding hydrogens is 906 g/mol. The van der Waals surface area contributed by atoms with E-state index in [-0.39, 0.29) is 93.4 Å². The van der Waals surface area contributed by atoms with Crippen molar-refractivity contribution in [2.45, 2.75) is 224 Å². The second kappa shape index (κ2) is 43.8. The van der Waals surface area contributed by atoms with Gasteiger partial charge in [0.25, 0.3) is 0 Å². The number of aliphatic hydroxyl groups is 2. The average Bonchev–Trinajstić information content (AvgIpc) is 3.13. The lowest BCUT2D eigenvalue weighted by molar-refractivity contribution is -0.175. The van der Waals surface area contributed by atoms with Crippen LogP contribution in [-0.4, -0.2) is 59.7 Å². The van der Waals surface area contributed by atoms with Crippen LogP contribution >= 0.6 is 48.0 Å². The van der Waals surface area contributed by atoms with Gasteiger partial charge in [0, 0.05) is 32.6 Å². The molecule has 54 heavy (non-hydrogen) atoms. The summed E-state index contributed by atoms with van der Waals surface area (Å²) in [5.41, 5.74) is 11.4. The maximum atomic E-state index is 13.0. The van der Waals surface area contributed by atoms with Crippen LogP contribution in [0, 0.1) is 0 Å². The third-order valence-electron chi connectivity index (χ3n) is 10.1. The van der Waals surface area contributed by atoms with Crippen molar-refractivity contribution in [2.75, 3.05) is 19.8 Å². The van der Waals surface area contributed by atoms with Gasteiger partial charge in [0.15, 0.2) is 12.2 Å². The Morgan fingerprint density at radius 2 is 0.852 bits per heavy atom. The number of carbonyl (C=O) groups is 2. The zero-order valence-electron chi connectivity index (χ0n) is 34.8. The fraction of sp³-hybridized carbons (Fsp3) is 0.864. The smallest absolute Gasteiger partial charge is 0.306 e. The number of allylic oxidation sites excluding steroid dienone is 4. The van der Waals surface area contributed by atoms with Gasteiger partial charge in [-0.3, -0.25) is 9.59 Å². The van der Waals surface area contributed by atoms with E-state index in [4.69, 9.17) is 20.9 Å². The van der Waals surface area contributed by atoms with Crippen molar-refractivity contribution in [3.63, 3.8) is 0 Å². The molecule has 0 aliphatic rings. The first-order chi connectivity index (χ1) is 25.4. The summed E-state index contributed by atoms with van der Waals surface area (Å²) < 4.78 is 11.6. The highest BCUT2D eigenvalue weighted by Gasteiger charge is 2.43. The Morgan fingerprint density at radius 1 is 0.537 bits per heavy atom. The highest BCUT2D eigenvalue weighted by molar-refractivity contribution is 14.0. The summed E-state index contributed by atoms with van der Waals surface area (Å²) in [4.78, 5) is 25.8. The monoisotopic (exact) mass is 992 g/mol. The zero-order valence-corrected chi connectivity index (χ0v) is 39.5. The largest absolute Gasteiger partial charge is 0.457 e. The summed E-state index contributed by atoms with van der Waals surface area (Å²) in [5, 5.41) is 19.5. The van der Waals surface area contributed by atoms with Crippen molar-refractivity contribution in [2.24, 2.45) is 11.5 Å². The number of carbonyl (C=O) groups excluding carboxylic acids is 2. The molecule has 0 aliphatic carbocycles. The molecular formula is C44H86I2N2O6. The fourth-order valence-corrected chi connectivity index (χ4v) is 6.73. The maximum Gasteiger partial charge on any atom is 0.306 e. The molecule has 322 valence electrons. The predicted octanol–water partition coefficient (Wildman–Crippen LogP) is 11.5. The molecule has 0 heterocycles. The van der Waals surface area contributed by atoms with E-state index in [2.05, 4.69) is 38.2 Å². The number of hydrogen-bond donors (Lipinski definition) is 4. The number of rotatable bonds is 39. The van der Waals surface area contributed by atoms with Crippen LogP contribution in [0.4, 0.5) is 0 Å². The Bertz CT molecular complexity index is 870. The Morgan fingerprint density at radius 3 is 1.19 bits per heavy atom. The fourth-order valence-electron chi connectivity index (χ4n) is 6.73. The lowest BCUT2D eigenvalue weighted by atomic mass is 9.83. The second-order valence-corrected chi connectivity index (χ2v) is 15.0. The minimum absolute atomic E-state index is 0. The summed E-state index contributed by atoms with van der Waals surface area (Å²) in [6.07, 6.45) is 38.4. The van der Waals surface area contributed by atoms with Crippen LogP contribution in [0.5, 0.6) is 0 Å². The van der Waals surface area contributed by atoms with Crippen LogP contribution in [0.2, 0.25) is 0 Å². The number of esters is 2. The summed E-state index contributed by atoms with van der Waals surface area (Å²) in [7, 11) is 0. The summed E-state index contributed by atoms with van der Waals surface area (Å²) in [6, 6.07) is 0. The molecule has 2 unspecified atom stereocenters. The number of hydrogen-bond acceptors (Lipinski definition) is 8. The third-order valence-corrected chi connectivity index (χ3v) is 10.1. The minimum atomic E-state index is -1.28. The molecule has 6 N–H and O–H groups in total. The Kier molecular flexibility index (Phi) is 47.1. The maximum absolute atomic E-state index is 13.0. The molecule has 0 fully saturated rings. The first-order valence-electron chi connectivity index (χ1n) is 21.8. The van der Waals surface area contributed by atoms with Crippen molar-refractivity contribution < 1.29 is 29.3 Å². The molecule has 8 nitrogen and oxygen atoms in total. The average molecular weight is 993 g/mol. The number of ether oxygens (including phenoxy) is 2. The summed E-state index contributed by atoms with van der Waals surface area (Å²) in [5.74, 6) is -0.832. The van der Waals surface area contributed by atoms with Gasteiger partial charge in [-0.25, -0.2) is 0 Å². The van der Waals surface area contributed by atoms with Crippen LogP contribution in [0.1, 0.15) is 206 Å². The Hall–Kier alpha value is -0.280. The van der Waals surface area contributed by atoms with E-state index in [1.807, 2.05) is 0 Å². The topological polar surface area (TPSA) is 145 Å². The van der Waals surface area contributed by atoms with E-state index in [9.17, 15) is 19.8 Å². The molecule has 0 rings (SSSR count). The van der Waals surface area contributed by atoms with E-state index in [0.717, 1.165) is 64.2 Å². The van der Waals surface area contributed by atoms with Crippen molar-refractivity contribution in [1.82, 2.24) is 0 Å². The molecule has 0 radical (unpaired) electrons. The SMILES string of the molecule is CCCCCCCC/C=C\CCCCCCCC(=O)OC(CN)C(OC(=O)CCCCCCC/C=C\CCCCCCCC)C(N)(CCO)CCO.I.I. The van der Waals surface area contributed by atoms with Gasteiger partial charge in [-0.2, -0.15) is 0 Å². The van der Waals surface area contributed by atoms with Gasteiger partial charge in [-0.1, -0.05) is 141 Å². The standard InChI is InChI=1S/C44H84N2O6.2HI/c1-3-5-7-9-11-13-15-17-19-21-23-25-27-29-31-33-41(49)51-40(39-45)43(44(46,35-37-47)36-38-48)52-42(50)34-32-30-28-26-24-22-20-18-16-14-12-10-8-6-4-2;;/h17-20,40,43,47-48H,3-16,21-39,45-46H2,1-2H3;2*1H/b19-17-,20-18-;;. The van der Waals surface area contributed by atoms with Gasteiger partial charge in [-0.15, -0.1) is 48.0 Å². The van der Waals surface area contributed by atoms with Crippen molar-refractivity contribution in [1.29, 1.82) is 0 Å².